The molecule has 0 spiro atoms. The van der Waals surface area contributed by atoms with Crippen LogP contribution >= 0.6 is 11.6 Å². The molecule has 15 heavy (non-hydrogen) atoms. The molecule has 0 aliphatic heterocycles. The van der Waals surface area contributed by atoms with Crippen LogP contribution in [-0.2, 0) is 4.79 Å². The largest absolute Gasteiger partial charge is 0.425 e. The summed E-state index contributed by atoms with van der Waals surface area (Å²) in [6.07, 6.45) is 0.933. The first-order chi connectivity index (χ1) is 7.08. The Kier molecular flexibility index (Phi) is 2.70. The van der Waals surface area contributed by atoms with Crippen molar-refractivity contribution in [2.24, 2.45) is 11.8 Å². The number of ether oxygens (including phenoxy) is 1. The maximum atomic E-state index is 11.6. The van der Waals surface area contributed by atoms with Gasteiger partial charge in [-0.15, -0.1) is 0 Å². The fourth-order valence-corrected chi connectivity index (χ4v) is 1.68. The Labute approximate surface area is 94.2 Å². The highest BCUT2D eigenvalue weighted by Crippen LogP contribution is 2.39. The molecule has 2 unspecified atom stereocenters. The van der Waals surface area contributed by atoms with Crippen LogP contribution in [0, 0.1) is 18.8 Å². The fraction of sp³-hybridized carbons (Fsp3) is 0.417. The second kappa shape index (κ2) is 3.86. The average molecular weight is 225 g/mol. The molecular weight excluding hydrogens is 212 g/mol. The number of rotatable bonds is 2. The van der Waals surface area contributed by atoms with Crippen molar-refractivity contribution in [2.45, 2.75) is 20.3 Å². The molecule has 2 atom stereocenters. The van der Waals surface area contributed by atoms with Crippen LogP contribution < -0.4 is 4.74 Å². The summed E-state index contributed by atoms with van der Waals surface area (Å²) in [6.45, 7) is 3.98. The molecule has 3 heteroatoms. The van der Waals surface area contributed by atoms with Gasteiger partial charge in [-0.05, 0) is 37.0 Å². The molecule has 80 valence electrons. The van der Waals surface area contributed by atoms with Crippen LogP contribution in [0.15, 0.2) is 18.2 Å². The Balaban J connectivity index is 2.10. The highest BCUT2D eigenvalue weighted by atomic mass is 35.5. The number of aryl methyl sites for hydroxylation is 1. The van der Waals surface area contributed by atoms with E-state index in [2.05, 4.69) is 0 Å². The molecule has 0 radical (unpaired) electrons. The lowest BCUT2D eigenvalue weighted by atomic mass is 10.2. The third-order valence-electron chi connectivity index (χ3n) is 2.71. The third kappa shape index (κ3) is 2.32. The van der Waals surface area contributed by atoms with Gasteiger partial charge in [0, 0.05) is 0 Å². The Morgan fingerprint density at radius 3 is 2.80 bits per heavy atom. The summed E-state index contributed by atoms with van der Waals surface area (Å²) in [6, 6.07) is 5.42. The van der Waals surface area contributed by atoms with Gasteiger partial charge in [0.2, 0.25) is 0 Å². The molecule has 1 saturated carbocycles. The summed E-state index contributed by atoms with van der Waals surface area (Å²) in [5, 5.41) is 0.488. The second-order valence-corrected chi connectivity index (χ2v) is 4.58. The number of benzene rings is 1. The van der Waals surface area contributed by atoms with E-state index in [1.807, 2.05) is 19.9 Å². The summed E-state index contributed by atoms with van der Waals surface area (Å²) in [5.41, 5.74) is 1.03. The second-order valence-electron chi connectivity index (χ2n) is 4.17. The zero-order valence-electron chi connectivity index (χ0n) is 8.79. The van der Waals surface area contributed by atoms with E-state index >= 15 is 0 Å². The first-order valence-corrected chi connectivity index (χ1v) is 5.43. The highest BCUT2D eigenvalue weighted by Gasteiger charge is 2.40. The minimum absolute atomic E-state index is 0.0709. The zero-order valence-corrected chi connectivity index (χ0v) is 9.54. The summed E-state index contributed by atoms with van der Waals surface area (Å²) in [5.74, 6) is 0.846. The first-order valence-electron chi connectivity index (χ1n) is 5.06. The van der Waals surface area contributed by atoms with Gasteiger partial charge in [-0.2, -0.15) is 0 Å². The van der Waals surface area contributed by atoms with E-state index in [4.69, 9.17) is 16.3 Å². The van der Waals surface area contributed by atoms with Crippen molar-refractivity contribution in [1.82, 2.24) is 0 Å². The molecule has 2 rings (SSSR count). The molecule has 0 amide bonds. The Bertz CT molecular complexity index is 401. The highest BCUT2D eigenvalue weighted by molar-refractivity contribution is 6.32. The zero-order chi connectivity index (χ0) is 11.0. The molecule has 0 saturated heterocycles. The monoisotopic (exact) mass is 224 g/mol. The minimum Gasteiger partial charge on any atom is -0.425 e. The molecule has 1 aromatic carbocycles. The molecule has 0 aromatic heterocycles. The van der Waals surface area contributed by atoms with Gasteiger partial charge in [-0.1, -0.05) is 24.6 Å². The average Bonchev–Trinajstić information content (AvgIpc) is 2.89. The summed E-state index contributed by atoms with van der Waals surface area (Å²) in [4.78, 5) is 11.6. The first kappa shape index (κ1) is 10.5. The minimum atomic E-state index is -0.157. The van der Waals surface area contributed by atoms with Crippen molar-refractivity contribution in [3.63, 3.8) is 0 Å². The van der Waals surface area contributed by atoms with Crippen molar-refractivity contribution >= 4 is 17.6 Å². The van der Waals surface area contributed by atoms with Gasteiger partial charge >= 0.3 is 5.97 Å². The number of hydrogen-bond donors (Lipinski definition) is 0. The third-order valence-corrected chi connectivity index (χ3v) is 3.02. The van der Waals surface area contributed by atoms with Crippen LogP contribution in [0.5, 0.6) is 5.75 Å². The number of halogens is 1. The van der Waals surface area contributed by atoms with E-state index in [0.717, 1.165) is 12.0 Å². The van der Waals surface area contributed by atoms with Crippen LogP contribution in [0.25, 0.3) is 0 Å². The smallest absolute Gasteiger partial charge is 0.314 e. The molecular formula is C12H13ClO2. The van der Waals surface area contributed by atoms with E-state index < -0.39 is 0 Å². The molecule has 0 N–H and O–H groups in total. The van der Waals surface area contributed by atoms with E-state index in [9.17, 15) is 4.79 Å². The summed E-state index contributed by atoms with van der Waals surface area (Å²) < 4.78 is 5.25. The van der Waals surface area contributed by atoms with Gasteiger partial charge in [-0.25, -0.2) is 0 Å². The summed E-state index contributed by atoms with van der Waals surface area (Å²) >= 11 is 5.92. The summed E-state index contributed by atoms with van der Waals surface area (Å²) in [7, 11) is 0. The lowest BCUT2D eigenvalue weighted by Gasteiger charge is -2.06. The Morgan fingerprint density at radius 1 is 1.53 bits per heavy atom. The van der Waals surface area contributed by atoms with E-state index in [0.29, 0.717) is 16.7 Å². The fourth-order valence-electron chi connectivity index (χ4n) is 1.52. The van der Waals surface area contributed by atoms with Crippen molar-refractivity contribution in [3.8, 4) is 5.75 Å². The molecule has 0 heterocycles. The van der Waals surface area contributed by atoms with E-state index in [1.165, 1.54) is 0 Å². The molecule has 1 aromatic rings. The molecule has 1 fully saturated rings. The van der Waals surface area contributed by atoms with Crippen LogP contribution in [0.2, 0.25) is 5.02 Å². The van der Waals surface area contributed by atoms with Gasteiger partial charge in [0.15, 0.2) is 0 Å². The maximum Gasteiger partial charge on any atom is 0.314 e. The van der Waals surface area contributed by atoms with Gasteiger partial charge in [0.25, 0.3) is 0 Å². The standard InChI is InChI=1S/C12H13ClO2/c1-7-3-4-10(13)11(5-7)15-12(14)9-6-8(9)2/h3-5,8-9H,6H2,1-2H3. The SMILES string of the molecule is Cc1ccc(Cl)c(OC(=O)C2CC2C)c1. The number of hydrogen-bond acceptors (Lipinski definition) is 2. The normalized spacial score (nSPS) is 23.7. The molecule has 0 bridgehead atoms. The van der Waals surface area contributed by atoms with Crippen LogP contribution in [0.3, 0.4) is 0 Å². The van der Waals surface area contributed by atoms with Crippen molar-refractivity contribution in [2.75, 3.05) is 0 Å². The van der Waals surface area contributed by atoms with Crippen LogP contribution in [-0.4, -0.2) is 5.97 Å². The molecule has 1 aliphatic rings. The van der Waals surface area contributed by atoms with Crippen LogP contribution in [0.4, 0.5) is 0 Å². The quantitative estimate of drug-likeness (QED) is 0.570. The topological polar surface area (TPSA) is 26.3 Å². The van der Waals surface area contributed by atoms with Crippen molar-refractivity contribution in [3.05, 3.63) is 28.8 Å². The number of carbonyl (C=O) groups excluding carboxylic acids is 1. The van der Waals surface area contributed by atoms with Crippen LogP contribution in [0.1, 0.15) is 18.9 Å². The molecule has 2 nitrogen and oxygen atoms in total. The van der Waals surface area contributed by atoms with Gasteiger partial charge in [0.05, 0.1) is 10.9 Å². The lowest BCUT2D eigenvalue weighted by molar-refractivity contribution is -0.136. The Morgan fingerprint density at radius 2 is 2.20 bits per heavy atom. The van der Waals surface area contributed by atoms with E-state index in [1.54, 1.807) is 12.1 Å². The maximum absolute atomic E-state index is 11.6. The molecule has 1 aliphatic carbocycles. The van der Waals surface area contributed by atoms with Gasteiger partial charge in [-0.3, -0.25) is 4.79 Å². The predicted octanol–water partition coefficient (Wildman–Crippen LogP) is 3.21. The van der Waals surface area contributed by atoms with Gasteiger partial charge in [0.1, 0.15) is 5.75 Å². The lowest BCUT2D eigenvalue weighted by Crippen LogP contribution is -2.11. The number of esters is 1. The van der Waals surface area contributed by atoms with Crippen molar-refractivity contribution in [1.29, 1.82) is 0 Å². The van der Waals surface area contributed by atoms with E-state index in [-0.39, 0.29) is 11.9 Å². The van der Waals surface area contributed by atoms with Crippen molar-refractivity contribution < 1.29 is 9.53 Å². The Hall–Kier alpha value is -1.02. The number of carbonyl (C=O) groups is 1. The van der Waals surface area contributed by atoms with Gasteiger partial charge < -0.3 is 4.74 Å². The predicted molar refractivity (Wildman–Crippen MR) is 59.1 cm³/mol.